The molecule has 5 rings (SSSR count). The number of hydrogen-bond acceptors (Lipinski definition) is 6. The first kappa shape index (κ1) is 36.3. The molecule has 0 saturated carbocycles. The minimum Gasteiger partial charge on any atom is -0.535 e. The lowest BCUT2D eigenvalue weighted by Crippen LogP contribution is -2.00. The van der Waals surface area contributed by atoms with Crippen molar-refractivity contribution in [1.29, 1.82) is 0 Å². The van der Waals surface area contributed by atoms with E-state index in [-0.39, 0.29) is 17.4 Å². The second-order valence-corrected chi connectivity index (χ2v) is 10.7. The summed E-state index contributed by atoms with van der Waals surface area (Å²) in [5.41, 5.74) is 1.84. The van der Waals surface area contributed by atoms with E-state index in [0.29, 0.717) is 41.4 Å². The highest BCUT2D eigenvalue weighted by molar-refractivity contribution is 9.11. The van der Waals surface area contributed by atoms with E-state index >= 15 is 0 Å². The number of halogens is 5. The molecule has 12 heteroatoms. The lowest BCUT2D eigenvalue weighted by Gasteiger charge is -2.16. The molecule has 46 heavy (non-hydrogen) atoms. The van der Waals surface area contributed by atoms with E-state index in [4.69, 9.17) is 24.0 Å². The molecule has 5 aromatic carbocycles. The van der Waals surface area contributed by atoms with E-state index in [1.165, 1.54) is 38.5 Å². The van der Waals surface area contributed by atoms with Gasteiger partial charge in [-0.05, 0) is 68.3 Å². The zero-order valence-corrected chi connectivity index (χ0v) is 28.4. The third-order valence-electron chi connectivity index (χ3n) is 6.29. The van der Waals surface area contributed by atoms with Crippen LogP contribution in [-0.4, -0.2) is 41.1 Å². The first-order valence-electron chi connectivity index (χ1n) is 13.4. The van der Waals surface area contributed by atoms with Gasteiger partial charge in [0.25, 0.3) is 0 Å². The Morgan fingerprint density at radius 3 is 1.26 bits per heavy atom. The highest BCUT2D eigenvalue weighted by Crippen LogP contribution is 2.42. The van der Waals surface area contributed by atoms with Gasteiger partial charge in [-0.3, -0.25) is 0 Å². The van der Waals surface area contributed by atoms with Gasteiger partial charge < -0.3 is 28.6 Å². The summed E-state index contributed by atoms with van der Waals surface area (Å²) in [6, 6.07) is 25.6. The summed E-state index contributed by atoms with van der Waals surface area (Å²) >= 11 is 6.72. The number of para-hydroxylation sites is 1. The van der Waals surface area contributed by atoms with Gasteiger partial charge in [0.1, 0.15) is 40.4 Å². The van der Waals surface area contributed by atoms with E-state index in [1.807, 2.05) is 12.1 Å². The second-order valence-electron chi connectivity index (χ2n) is 8.99. The average molecular weight is 761 g/mol. The number of rotatable bonds is 8. The van der Waals surface area contributed by atoms with E-state index < -0.39 is 5.82 Å². The molecular weight excluding hydrogens is 732 g/mol. The Balaban J connectivity index is 0.000000218. The first-order chi connectivity index (χ1) is 22.2. The van der Waals surface area contributed by atoms with Crippen LogP contribution >= 0.6 is 31.9 Å². The number of hydrogen-bond donors (Lipinski definition) is 1. The number of ether oxygens (including phenoxy) is 4. The van der Waals surface area contributed by atoms with Crippen molar-refractivity contribution in [3.05, 3.63) is 123 Å². The van der Waals surface area contributed by atoms with E-state index in [0.717, 1.165) is 20.4 Å². The Kier molecular flexibility index (Phi) is 14.3. The Bertz CT molecular complexity index is 1650. The van der Waals surface area contributed by atoms with E-state index in [1.54, 1.807) is 74.9 Å². The standard InChI is InChI=1S/C20H16F2O2.C8H8Br2O2.C6H5BFO2/c1-23-19-12-20(24-2)16(14-8-4-6-10-18(14)22)11-15(19)13-7-3-5-9-17(13)21;1-11-7-4-8(12-2)6(10)3-5(7)9;8-5-3-1-2-4-6(5)10-7-9/h3-12H,1-2H3;3-4H,1-2H3;1-4,9H. The molecular formula is C34H29BBr2F3O6. The molecule has 0 atom stereocenters. The molecule has 0 heterocycles. The molecule has 1 radical (unpaired) electrons. The maximum atomic E-state index is 14.2. The van der Waals surface area contributed by atoms with Crippen LogP contribution in [0.5, 0.6) is 28.7 Å². The van der Waals surface area contributed by atoms with Crippen molar-refractivity contribution in [3.8, 4) is 51.0 Å². The Morgan fingerprint density at radius 1 is 0.478 bits per heavy atom. The van der Waals surface area contributed by atoms with Crippen LogP contribution in [0.25, 0.3) is 22.3 Å². The summed E-state index contributed by atoms with van der Waals surface area (Å²) in [5.74, 6) is 1.21. The molecule has 0 aliphatic carbocycles. The molecule has 0 unspecified atom stereocenters. The van der Waals surface area contributed by atoms with Gasteiger partial charge in [0.2, 0.25) is 0 Å². The van der Waals surface area contributed by atoms with Crippen molar-refractivity contribution in [2.45, 2.75) is 0 Å². The zero-order chi connectivity index (χ0) is 33.6. The summed E-state index contributed by atoms with van der Waals surface area (Å²) in [7, 11) is 6.68. The van der Waals surface area contributed by atoms with Gasteiger partial charge in [-0.2, -0.15) is 0 Å². The normalized spacial score (nSPS) is 9.96. The third-order valence-corrected chi connectivity index (χ3v) is 7.53. The summed E-state index contributed by atoms with van der Waals surface area (Å²) in [6.07, 6.45) is 0. The Labute approximate surface area is 283 Å². The smallest absolute Gasteiger partial charge is 0.535 e. The molecule has 0 aliphatic heterocycles. The van der Waals surface area contributed by atoms with Crippen LogP contribution in [0.1, 0.15) is 0 Å². The van der Waals surface area contributed by atoms with Crippen LogP contribution in [-0.2, 0) is 0 Å². The van der Waals surface area contributed by atoms with Crippen LogP contribution in [0.15, 0.2) is 106 Å². The summed E-state index contributed by atoms with van der Waals surface area (Å²) in [6.45, 7) is 0. The highest BCUT2D eigenvalue weighted by atomic mass is 79.9. The Hall–Kier alpha value is -4.13. The maximum Gasteiger partial charge on any atom is 0.569 e. The van der Waals surface area contributed by atoms with Crippen LogP contribution in [0, 0.1) is 17.5 Å². The fourth-order valence-corrected chi connectivity index (χ4v) is 5.42. The third kappa shape index (κ3) is 9.45. The van der Waals surface area contributed by atoms with Crippen LogP contribution < -0.4 is 23.6 Å². The van der Waals surface area contributed by atoms with Gasteiger partial charge in [-0.15, -0.1) is 0 Å². The predicted molar refractivity (Wildman–Crippen MR) is 180 cm³/mol. The van der Waals surface area contributed by atoms with Gasteiger partial charge >= 0.3 is 7.69 Å². The van der Waals surface area contributed by atoms with Gasteiger partial charge in [0, 0.05) is 34.4 Å². The lowest BCUT2D eigenvalue weighted by molar-refractivity contribution is 0.391. The molecule has 0 aromatic heterocycles. The predicted octanol–water partition coefficient (Wildman–Crippen LogP) is 9.28. The fraction of sp³-hybridized carbons (Fsp3) is 0.118. The van der Waals surface area contributed by atoms with Crippen molar-refractivity contribution in [3.63, 3.8) is 0 Å². The van der Waals surface area contributed by atoms with Crippen LogP contribution in [0.4, 0.5) is 13.2 Å². The first-order valence-corrected chi connectivity index (χ1v) is 15.0. The van der Waals surface area contributed by atoms with Gasteiger partial charge in [-0.1, -0.05) is 48.5 Å². The molecule has 0 aliphatic rings. The van der Waals surface area contributed by atoms with Crippen molar-refractivity contribution in [1.82, 2.24) is 0 Å². The number of methoxy groups -OCH3 is 4. The molecule has 239 valence electrons. The zero-order valence-electron chi connectivity index (χ0n) is 25.2. The molecule has 0 bridgehead atoms. The molecule has 6 nitrogen and oxygen atoms in total. The quantitative estimate of drug-likeness (QED) is 0.159. The topological polar surface area (TPSA) is 66.4 Å². The lowest BCUT2D eigenvalue weighted by atomic mass is 9.96. The van der Waals surface area contributed by atoms with Gasteiger partial charge in [-0.25, -0.2) is 13.2 Å². The molecule has 1 N–H and O–H groups in total. The molecule has 5 aromatic rings. The minimum absolute atomic E-state index is 0.0185. The summed E-state index contributed by atoms with van der Waals surface area (Å²) < 4.78 is 68.1. The van der Waals surface area contributed by atoms with Crippen molar-refractivity contribution in [2.24, 2.45) is 0 Å². The molecule has 0 spiro atoms. The van der Waals surface area contributed by atoms with E-state index in [2.05, 4.69) is 36.5 Å². The fourth-order valence-electron chi connectivity index (χ4n) is 4.10. The van der Waals surface area contributed by atoms with Gasteiger partial charge in [0.05, 0.1) is 37.4 Å². The van der Waals surface area contributed by atoms with E-state index in [9.17, 15) is 13.2 Å². The minimum atomic E-state index is -0.493. The monoisotopic (exact) mass is 759 g/mol. The maximum absolute atomic E-state index is 14.2. The molecule has 0 amide bonds. The van der Waals surface area contributed by atoms with Crippen molar-refractivity contribution >= 4 is 39.5 Å². The van der Waals surface area contributed by atoms with Crippen molar-refractivity contribution < 1.29 is 41.8 Å². The van der Waals surface area contributed by atoms with Crippen LogP contribution in [0.3, 0.4) is 0 Å². The average Bonchev–Trinajstić information content (AvgIpc) is 3.06. The second kappa shape index (κ2) is 18.1. The molecule has 0 saturated heterocycles. The van der Waals surface area contributed by atoms with Crippen LogP contribution in [0.2, 0.25) is 0 Å². The Morgan fingerprint density at radius 2 is 0.870 bits per heavy atom. The van der Waals surface area contributed by atoms with Crippen molar-refractivity contribution in [2.75, 3.05) is 28.4 Å². The highest BCUT2D eigenvalue weighted by Gasteiger charge is 2.18. The largest absolute Gasteiger partial charge is 0.569 e. The summed E-state index contributed by atoms with van der Waals surface area (Å²) in [4.78, 5) is 0. The SMILES string of the molecule is COc1cc(OC)c(-c2ccccc2F)cc1-c1ccccc1F.COc1cc(OC)c(Br)cc1Br.O[B]Oc1ccccc1F. The number of benzene rings is 5. The summed E-state index contributed by atoms with van der Waals surface area (Å²) in [5, 5.41) is 8.13. The van der Waals surface area contributed by atoms with Gasteiger partial charge in [0.15, 0.2) is 5.82 Å². The molecule has 0 fully saturated rings.